The van der Waals surface area contributed by atoms with E-state index in [1.807, 2.05) is 4.72 Å². The van der Waals surface area contributed by atoms with E-state index in [0.29, 0.717) is 0 Å². The molecule has 108 valence electrons. The summed E-state index contributed by atoms with van der Waals surface area (Å²) in [5.74, 6) is 0. The van der Waals surface area contributed by atoms with Crippen LogP contribution in [-0.4, -0.2) is 63.1 Å². The number of aliphatic hydroxyl groups is 2. The van der Waals surface area contributed by atoms with Gasteiger partial charge in [0.1, 0.15) is 0 Å². The predicted octanol–water partition coefficient (Wildman–Crippen LogP) is -2.63. The summed E-state index contributed by atoms with van der Waals surface area (Å²) in [5.41, 5.74) is 0. The molecule has 1 saturated heterocycles. The second kappa shape index (κ2) is 6.31. The molecular formula is C6H13NO9S2. The van der Waals surface area contributed by atoms with E-state index in [1.54, 1.807) is 0 Å². The largest absolute Gasteiger partial charge is 0.397 e. The Balaban J connectivity index is 2.53. The zero-order valence-electron chi connectivity index (χ0n) is 8.87. The Morgan fingerprint density at radius 2 is 2.06 bits per heavy atom. The first-order chi connectivity index (χ1) is 8.19. The molecular weight excluding hydrogens is 294 g/mol. The van der Waals surface area contributed by atoms with Crippen LogP contribution in [0.1, 0.15) is 6.42 Å². The molecule has 1 aliphatic rings. The Labute approximate surface area is 105 Å². The summed E-state index contributed by atoms with van der Waals surface area (Å²) in [6, 6.07) is -1.20. The van der Waals surface area contributed by atoms with Crippen LogP contribution >= 0.6 is 0 Å². The van der Waals surface area contributed by atoms with Gasteiger partial charge in [-0.2, -0.15) is 8.42 Å². The third-order valence-electron chi connectivity index (χ3n) is 2.20. The lowest BCUT2D eigenvalue weighted by Crippen LogP contribution is -2.56. The minimum atomic E-state index is -4.64. The molecule has 0 aliphatic carbocycles. The molecule has 1 rings (SSSR count). The van der Waals surface area contributed by atoms with Crippen molar-refractivity contribution in [2.75, 3.05) is 6.61 Å². The maximum atomic E-state index is 10.5. The Bertz CT molecular complexity index is 386. The average Bonchev–Trinajstić information content (AvgIpc) is 2.19. The second-order valence-corrected chi connectivity index (χ2v) is 5.38. The number of aliphatic hydroxyl groups excluding tert-OH is 2. The van der Waals surface area contributed by atoms with Crippen LogP contribution in [0.2, 0.25) is 0 Å². The average molecular weight is 307 g/mol. The molecule has 0 saturated carbocycles. The second-order valence-electron chi connectivity index (χ2n) is 3.56. The molecule has 18 heavy (non-hydrogen) atoms. The molecule has 0 spiro atoms. The molecule has 0 aromatic carbocycles. The van der Waals surface area contributed by atoms with Crippen molar-refractivity contribution in [1.29, 1.82) is 0 Å². The van der Waals surface area contributed by atoms with Gasteiger partial charge in [0.05, 0.1) is 24.9 Å². The maximum absolute atomic E-state index is 10.5. The van der Waals surface area contributed by atoms with E-state index in [1.165, 1.54) is 0 Å². The monoisotopic (exact) mass is 307 g/mol. The predicted molar refractivity (Wildman–Crippen MR) is 56.7 cm³/mol. The van der Waals surface area contributed by atoms with Gasteiger partial charge >= 0.3 is 10.4 Å². The molecule has 1 aliphatic heterocycles. The van der Waals surface area contributed by atoms with Crippen molar-refractivity contribution in [2.24, 2.45) is 0 Å². The SMILES string of the molecule is O=S(O)NC1[C@H](O)CC(COS(=O)(=O)O)O[C@H]1O. The first kappa shape index (κ1) is 15.9. The first-order valence-electron chi connectivity index (χ1n) is 4.69. The molecule has 0 radical (unpaired) electrons. The summed E-state index contributed by atoms with van der Waals surface area (Å²) in [6.07, 6.45) is -4.01. The highest BCUT2D eigenvalue weighted by Crippen LogP contribution is 2.19. The van der Waals surface area contributed by atoms with E-state index in [9.17, 15) is 22.8 Å². The molecule has 5 N–H and O–H groups in total. The van der Waals surface area contributed by atoms with Crippen molar-refractivity contribution in [3.63, 3.8) is 0 Å². The smallest absolute Gasteiger partial charge is 0.391 e. The van der Waals surface area contributed by atoms with Crippen LogP contribution < -0.4 is 4.72 Å². The molecule has 10 nitrogen and oxygen atoms in total. The Kier molecular flexibility index (Phi) is 5.57. The van der Waals surface area contributed by atoms with E-state index >= 15 is 0 Å². The van der Waals surface area contributed by atoms with Crippen molar-refractivity contribution in [1.82, 2.24) is 4.72 Å². The molecule has 5 atom stereocenters. The molecule has 12 heteroatoms. The lowest BCUT2D eigenvalue weighted by atomic mass is 10.0. The minimum Gasteiger partial charge on any atom is -0.391 e. The molecule has 0 aromatic heterocycles. The summed E-state index contributed by atoms with van der Waals surface area (Å²) in [4.78, 5) is 0. The van der Waals surface area contributed by atoms with Crippen LogP contribution in [0.3, 0.4) is 0 Å². The highest BCUT2D eigenvalue weighted by atomic mass is 32.3. The third-order valence-corrected chi connectivity index (χ3v) is 3.11. The van der Waals surface area contributed by atoms with E-state index < -0.39 is 52.8 Å². The molecule has 3 unspecified atom stereocenters. The van der Waals surface area contributed by atoms with Crippen LogP contribution in [-0.2, 0) is 30.6 Å². The lowest BCUT2D eigenvalue weighted by molar-refractivity contribution is -0.209. The van der Waals surface area contributed by atoms with Crippen LogP contribution in [0.5, 0.6) is 0 Å². The molecule has 1 fully saturated rings. The fraction of sp³-hybridized carbons (Fsp3) is 1.00. The van der Waals surface area contributed by atoms with E-state index in [4.69, 9.17) is 13.8 Å². The van der Waals surface area contributed by atoms with Gasteiger partial charge in [-0.15, -0.1) is 0 Å². The first-order valence-corrected chi connectivity index (χ1v) is 7.16. The zero-order chi connectivity index (χ0) is 13.9. The Morgan fingerprint density at radius 3 is 2.50 bits per heavy atom. The van der Waals surface area contributed by atoms with Gasteiger partial charge in [-0.3, -0.25) is 9.11 Å². The maximum Gasteiger partial charge on any atom is 0.397 e. The van der Waals surface area contributed by atoms with Gasteiger partial charge < -0.3 is 14.9 Å². The fourth-order valence-electron chi connectivity index (χ4n) is 1.47. The topological polar surface area (TPSA) is 163 Å². The normalized spacial score (nSPS) is 35.3. The molecule has 0 aromatic rings. The highest BCUT2D eigenvalue weighted by Gasteiger charge is 2.38. The van der Waals surface area contributed by atoms with Gasteiger partial charge in [0.25, 0.3) is 0 Å². The molecule has 1 heterocycles. The van der Waals surface area contributed by atoms with Gasteiger partial charge in [-0.1, -0.05) is 0 Å². The standard InChI is InChI=1S/C6H13NO9S2/c8-4-1-3(2-15-18(12,13)14)16-6(9)5(4)7-17(10)11/h3-9H,1-2H2,(H,10,11)(H,12,13,14)/t3?,4-,5?,6-/m1/s1. The Hall–Kier alpha value is -0.180. The summed E-state index contributed by atoms with van der Waals surface area (Å²) in [6.45, 7) is -0.595. The van der Waals surface area contributed by atoms with E-state index in [2.05, 4.69) is 4.18 Å². The van der Waals surface area contributed by atoms with Crippen LogP contribution in [0.25, 0.3) is 0 Å². The third kappa shape index (κ3) is 5.21. The van der Waals surface area contributed by atoms with E-state index in [-0.39, 0.29) is 6.42 Å². The number of hydrogen-bond donors (Lipinski definition) is 5. The van der Waals surface area contributed by atoms with E-state index in [0.717, 1.165) is 0 Å². The van der Waals surface area contributed by atoms with Gasteiger partial charge in [-0.05, 0) is 0 Å². The van der Waals surface area contributed by atoms with Crippen LogP contribution in [0.4, 0.5) is 0 Å². The number of ether oxygens (including phenoxy) is 1. The van der Waals surface area contributed by atoms with Gasteiger partial charge in [0, 0.05) is 6.42 Å². The lowest BCUT2D eigenvalue weighted by Gasteiger charge is -2.36. The zero-order valence-corrected chi connectivity index (χ0v) is 10.5. The van der Waals surface area contributed by atoms with Gasteiger partial charge in [-0.25, -0.2) is 13.1 Å². The molecule has 0 amide bonds. The van der Waals surface area contributed by atoms with Gasteiger partial charge in [0.15, 0.2) is 6.29 Å². The summed E-state index contributed by atoms with van der Waals surface area (Å²) in [5, 5.41) is 19.0. The minimum absolute atomic E-state index is 0.151. The quantitative estimate of drug-likeness (QED) is 0.270. The number of nitrogens with one attached hydrogen (secondary N) is 1. The number of rotatable bonds is 5. The van der Waals surface area contributed by atoms with Crippen molar-refractivity contribution in [2.45, 2.75) is 31.0 Å². The van der Waals surface area contributed by atoms with Crippen LogP contribution in [0.15, 0.2) is 0 Å². The summed E-state index contributed by atoms with van der Waals surface area (Å²) < 4.78 is 58.9. The summed E-state index contributed by atoms with van der Waals surface area (Å²) >= 11 is -2.45. The fourth-order valence-corrected chi connectivity index (χ4v) is 2.30. The highest BCUT2D eigenvalue weighted by molar-refractivity contribution is 7.80. The van der Waals surface area contributed by atoms with Crippen molar-refractivity contribution in [3.05, 3.63) is 0 Å². The van der Waals surface area contributed by atoms with Crippen LogP contribution in [0, 0.1) is 0 Å². The molecule has 0 bridgehead atoms. The van der Waals surface area contributed by atoms with Crippen molar-refractivity contribution >= 4 is 21.7 Å². The Morgan fingerprint density at radius 1 is 1.44 bits per heavy atom. The summed E-state index contributed by atoms with van der Waals surface area (Å²) in [7, 11) is -4.64. The number of hydrogen-bond acceptors (Lipinski definition) is 7. The van der Waals surface area contributed by atoms with Crippen molar-refractivity contribution < 1.29 is 40.9 Å². The van der Waals surface area contributed by atoms with Crippen molar-refractivity contribution in [3.8, 4) is 0 Å². The van der Waals surface area contributed by atoms with Gasteiger partial charge in [0.2, 0.25) is 11.3 Å².